The van der Waals surface area contributed by atoms with Crippen LogP contribution in [-0.4, -0.2) is 50.5 Å². The number of nitrogens with one attached hydrogen (secondary N) is 1. The van der Waals surface area contributed by atoms with Gasteiger partial charge in [-0.05, 0) is 12.8 Å². The predicted octanol–water partition coefficient (Wildman–Crippen LogP) is -2.48. The van der Waals surface area contributed by atoms with Gasteiger partial charge in [0, 0.05) is 0 Å². The van der Waals surface area contributed by atoms with Crippen LogP contribution in [0.5, 0.6) is 0 Å². The van der Waals surface area contributed by atoms with Crippen molar-refractivity contribution in [1.82, 2.24) is 5.32 Å². The molecule has 0 radical (unpaired) electrons. The fraction of sp³-hybridized carbons (Fsp3) is 1.00. The van der Waals surface area contributed by atoms with E-state index in [1.165, 1.54) is 0 Å². The van der Waals surface area contributed by atoms with Gasteiger partial charge < -0.3 is 20.4 Å². The minimum Gasteiger partial charge on any atom is -0.391 e. The topological polar surface area (TPSA) is 93.0 Å². The molecule has 5 atom stereocenters. The first-order valence-corrected chi connectivity index (χ1v) is 4.08. The molecular weight excluding hydrogens is 162 g/mol. The van der Waals surface area contributed by atoms with Crippen molar-refractivity contribution in [3.8, 4) is 0 Å². The Hall–Kier alpha value is -0.200. The van der Waals surface area contributed by atoms with E-state index >= 15 is 0 Å². The van der Waals surface area contributed by atoms with Gasteiger partial charge in [-0.2, -0.15) is 0 Å². The summed E-state index contributed by atoms with van der Waals surface area (Å²) < 4.78 is 0. The SMILES string of the molecule is OC1CCC2(O)C(O)C(O)NC12. The molecule has 2 fully saturated rings. The Balaban J connectivity index is 2.25. The van der Waals surface area contributed by atoms with Crippen molar-refractivity contribution in [3.63, 3.8) is 0 Å². The second kappa shape index (κ2) is 2.40. The molecule has 0 aromatic rings. The van der Waals surface area contributed by atoms with E-state index in [2.05, 4.69) is 5.32 Å². The van der Waals surface area contributed by atoms with Gasteiger partial charge in [0.25, 0.3) is 0 Å². The molecule has 70 valence electrons. The van der Waals surface area contributed by atoms with E-state index in [9.17, 15) is 15.3 Å². The predicted molar refractivity (Wildman–Crippen MR) is 39.1 cm³/mol. The third-order valence-corrected chi connectivity index (χ3v) is 2.93. The highest BCUT2D eigenvalue weighted by Crippen LogP contribution is 2.38. The average Bonchev–Trinajstić information content (AvgIpc) is 2.42. The maximum Gasteiger partial charge on any atom is 0.134 e. The molecule has 0 bridgehead atoms. The zero-order chi connectivity index (χ0) is 8.93. The van der Waals surface area contributed by atoms with Crippen LogP contribution in [0.3, 0.4) is 0 Å². The number of aliphatic hydroxyl groups is 4. The first-order chi connectivity index (χ1) is 5.55. The minimum atomic E-state index is -1.35. The fourth-order valence-corrected chi connectivity index (χ4v) is 2.17. The summed E-state index contributed by atoms with van der Waals surface area (Å²) in [5, 5.41) is 40.3. The van der Waals surface area contributed by atoms with E-state index in [4.69, 9.17) is 5.11 Å². The molecule has 12 heavy (non-hydrogen) atoms. The van der Waals surface area contributed by atoms with Crippen molar-refractivity contribution in [1.29, 1.82) is 0 Å². The third-order valence-electron chi connectivity index (χ3n) is 2.93. The molecule has 1 heterocycles. The van der Waals surface area contributed by atoms with E-state index < -0.39 is 30.1 Å². The highest BCUT2D eigenvalue weighted by atomic mass is 16.4. The summed E-state index contributed by atoms with van der Waals surface area (Å²) in [6.45, 7) is 0. The highest BCUT2D eigenvalue weighted by Gasteiger charge is 2.59. The molecular formula is C7H13NO4. The van der Waals surface area contributed by atoms with Crippen LogP contribution in [0.4, 0.5) is 0 Å². The second-order valence-electron chi connectivity index (χ2n) is 3.63. The van der Waals surface area contributed by atoms with Crippen LogP contribution >= 0.6 is 0 Å². The van der Waals surface area contributed by atoms with Crippen LogP contribution in [0.2, 0.25) is 0 Å². The van der Waals surface area contributed by atoms with Crippen molar-refractivity contribution in [2.75, 3.05) is 0 Å². The molecule has 0 aromatic heterocycles. The molecule has 5 unspecified atom stereocenters. The van der Waals surface area contributed by atoms with Crippen LogP contribution in [0.1, 0.15) is 12.8 Å². The molecule has 5 N–H and O–H groups in total. The highest BCUT2D eigenvalue weighted by molar-refractivity contribution is 5.13. The number of hydrogen-bond donors (Lipinski definition) is 5. The van der Waals surface area contributed by atoms with Gasteiger partial charge in [0.2, 0.25) is 0 Å². The number of hydrogen-bond acceptors (Lipinski definition) is 5. The zero-order valence-corrected chi connectivity index (χ0v) is 6.51. The molecule has 5 heteroatoms. The third kappa shape index (κ3) is 0.855. The largest absolute Gasteiger partial charge is 0.391 e. The van der Waals surface area contributed by atoms with Crippen molar-refractivity contribution in [2.45, 2.75) is 42.9 Å². The van der Waals surface area contributed by atoms with Gasteiger partial charge in [-0.3, -0.25) is 5.32 Å². The summed E-state index contributed by atoms with van der Waals surface area (Å²) in [6.07, 6.45) is -2.22. The van der Waals surface area contributed by atoms with Gasteiger partial charge in [0.05, 0.1) is 12.1 Å². The lowest BCUT2D eigenvalue weighted by Gasteiger charge is -2.25. The van der Waals surface area contributed by atoms with Crippen LogP contribution in [0.25, 0.3) is 0 Å². The van der Waals surface area contributed by atoms with Crippen LogP contribution in [-0.2, 0) is 0 Å². The maximum atomic E-state index is 9.81. The Morgan fingerprint density at radius 1 is 1.25 bits per heavy atom. The fourth-order valence-electron chi connectivity index (χ4n) is 2.17. The molecule has 2 aliphatic rings. The first-order valence-electron chi connectivity index (χ1n) is 4.08. The second-order valence-corrected chi connectivity index (χ2v) is 3.63. The summed E-state index contributed by atoms with van der Waals surface area (Å²) in [4.78, 5) is 0. The quantitative estimate of drug-likeness (QED) is 0.281. The van der Waals surface area contributed by atoms with E-state index in [1.807, 2.05) is 0 Å². The van der Waals surface area contributed by atoms with E-state index in [0.717, 1.165) is 0 Å². The van der Waals surface area contributed by atoms with Crippen molar-refractivity contribution in [3.05, 3.63) is 0 Å². The molecule has 1 aliphatic heterocycles. The summed E-state index contributed by atoms with van der Waals surface area (Å²) in [7, 11) is 0. The minimum absolute atomic E-state index is 0.323. The number of aliphatic hydroxyl groups excluding tert-OH is 3. The normalized spacial score (nSPS) is 59.0. The summed E-state index contributed by atoms with van der Waals surface area (Å²) in [5.74, 6) is 0. The van der Waals surface area contributed by atoms with E-state index in [-0.39, 0.29) is 0 Å². The van der Waals surface area contributed by atoms with E-state index in [0.29, 0.717) is 12.8 Å². The van der Waals surface area contributed by atoms with Gasteiger partial charge in [-0.25, -0.2) is 0 Å². The Kier molecular flexibility index (Phi) is 1.68. The molecule has 0 amide bonds. The summed E-state index contributed by atoms with van der Waals surface area (Å²) in [5.41, 5.74) is -1.35. The standard InChI is InChI=1S/C7H13NO4/c9-3-1-2-7(12)4(3)8-6(11)5(7)10/h3-6,8-12H,1-2H2. The Morgan fingerprint density at radius 2 is 1.92 bits per heavy atom. The van der Waals surface area contributed by atoms with Crippen molar-refractivity contribution in [2.24, 2.45) is 0 Å². The van der Waals surface area contributed by atoms with Crippen LogP contribution in [0.15, 0.2) is 0 Å². The first kappa shape index (κ1) is 8.40. The molecule has 1 saturated carbocycles. The Labute approximate surface area is 69.6 Å². The Morgan fingerprint density at radius 3 is 2.50 bits per heavy atom. The van der Waals surface area contributed by atoms with E-state index in [1.54, 1.807) is 0 Å². The molecule has 1 saturated heterocycles. The lowest BCUT2D eigenvalue weighted by molar-refractivity contribution is -0.0880. The van der Waals surface area contributed by atoms with Crippen LogP contribution in [0, 0.1) is 0 Å². The smallest absolute Gasteiger partial charge is 0.134 e. The summed E-state index contributed by atoms with van der Waals surface area (Å²) in [6, 6.07) is -0.595. The van der Waals surface area contributed by atoms with Gasteiger partial charge in [-0.15, -0.1) is 0 Å². The summed E-state index contributed by atoms with van der Waals surface area (Å²) >= 11 is 0. The van der Waals surface area contributed by atoms with Crippen LogP contribution < -0.4 is 5.32 Å². The van der Waals surface area contributed by atoms with Crippen molar-refractivity contribution < 1.29 is 20.4 Å². The molecule has 0 aromatic carbocycles. The molecule has 0 spiro atoms. The van der Waals surface area contributed by atoms with Crippen molar-refractivity contribution >= 4 is 0 Å². The monoisotopic (exact) mass is 175 g/mol. The Bertz CT molecular complexity index is 200. The van der Waals surface area contributed by atoms with Gasteiger partial charge in [0.1, 0.15) is 17.9 Å². The lowest BCUT2D eigenvalue weighted by Crippen LogP contribution is -2.47. The van der Waals surface area contributed by atoms with Gasteiger partial charge >= 0.3 is 0 Å². The average molecular weight is 175 g/mol. The molecule has 1 aliphatic carbocycles. The molecule has 5 nitrogen and oxygen atoms in total. The zero-order valence-electron chi connectivity index (χ0n) is 6.51. The van der Waals surface area contributed by atoms with Gasteiger partial charge in [0.15, 0.2) is 0 Å². The number of rotatable bonds is 0. The van der Waals surface area contributed by atoms with Gasteiger partial charge in [-0.1, -0.05) is 0 Å². The lowest BCUT2D eigenvalue weighted by atomic mass is 9.95. The maximum absolute atomic E-state index is 9.81. The number of fused-ring (bicyclic) bond motifs is 1. The molecule has 2 rings (SSSR count).